The van der Waals surface area contributed by atoms with E-state index in [1.54, 1.807) is 0 Å². The van der Waals surface area contributed by atoms with E-state index in [1.807, 2.05) is 6.07 Å². The van der Waals surface area contributed by atoms with Crippen molar-refractivity contribution in [3.8, 4) is 17.2 Å². The van der Waals surface area contributed by atoms with Crippen molar-refractivity contribution in [2.45, 2.75) is 150 Å². The van der Waals surface area contributed by atoms with E-state index >= 15 is 0 Å². The van der Waals surface area contributed by atoms with Crippen molar-refractivity contribution >= 4 is 11.9 Å². The number of phenols is 1. The van der Waals surface area contributed by atoms with E-state index in [2.05, 4.69) is 111 Å². The Hall–Kier alpha value is -3.60. The largest absolute Gasteiger partial charge is 0.507 e. The molecule has 0 heterocycles. The lowest BCUT2D eigenvalue weighted by atomic mass is 9.90. The molecule has 51 heavy (non-hydrogen) atoms. The molecule has 0 saturated heterocycles. The third kappa shape index (κ3) is 10.9. The number of esters is 2. The second-order valence-corrected chi connectivity index (χ2v) is 16.3. The lowest BCUT2D eigenvalue weighted by molar-refractivity contribution is -0.133. The van der Waals surface area contributed by atoms with Gasteiger partial charge in [0.15, 0.2) is 0 Å². The molecule has 0 amide bonds. The number of ether oxygens (including phenoxy) is 2. The summed E-state index contributed by atoms with van der Waals surface area (Å²) in [5, 5.41) is 10.2. The molecular weight excluding hydrogens is 633 g/mol. The molecule has 1 N–H and O–H groups in total. The Labute approximate surface area is 308 Å². The van der Waals surface area contributed by atoms with Crippen LogP contribution in [-0.4, -0.2) is 17.0 Å². The van der Waals surface area contributed by atoms with Crippen LogP contribution in [0.1, 0.15) is 184 Å². The lowest BCUT2D eigenvalue weighted by Gasteiger charge is -2.20. The molecule has 3 aliphatic rings. The summed E-state index contributed by atoms with van der Waals surface area (Å²) in [4.78, 5) is 22.7. The van der Waals surface area contributed by atoms with Crippen LogP contribution in [0.3, 0.4) is 0 Å². The van der Waals surface area contributed by atoms with Gasteiger partial charge in [-0.25, -0.2) is 0 Å². The second kappa shape index (κ2) is 17.8. The van der Waals surface area contributed by atoms with Crippen molar-refractivity contribution in [1.82, 2.24) is 0 Å². The summed E-state index contributed by atoms with van der Waals surface area (Å²) in [7, 11) is 0. The molecule has 3 saturated carbocycles. The zero-order valence-corrected chi connectivity index (χ0v) is 33.2. The predicted octanol–water partition coefficient (Wildman–Crippen LogP) is 12.5. The summed E-state index contributed by atoms with van der Waals surface area (Å²) in [5.74, 6) is 6.64. The minimum Gasteiger partial charge on any atom is -0.507 e. The van der Waals surface area contributed by atoms with Gasteiger partial charge in [0.25, 0.3) is 0 Å². The van der Waals surface area contributed by atoms with Crippen LogP contribution in [-0.2, 0) is 9.59 Å². The molecule has 0 spiro atoms. The molecule has 0 aliphatic heterocycles. The fraction of sp³-hybridized carbons (Fsp3) is 0.565. The van der Waals surface area contributed by atoms with Crippen LogP contribution in [0.25, 0.3) is 0 Å². The maximum atomic E-state index is 11.3. The van der Waals surface area contributed by atoms with Crippen molar-refractivity contribution < 1.29 is 24.2 Å². The van der Waals surface area contributed by atoms with E-state index in [1.165, 1.54) is 63.5 Å². The molecule has 6 rings (SSSR count). The van der Waals surface area contributed by atoms with E-state index in [0.29, 0.717) is 41.3 Å². The van der Waals surface area contributed by atoms with Gasteiger partial charge in [0.05, 0.1) is 0 Å². The SMILES string of the molecule is CC(=O)Oc1c(C(C)C)cccc1C(C)C1CC1.CC(=O)Oc1c(C(C)C)cccc1C(C)C1CC1.CC(C)c1cccc(C(C)C2CC2)c1O. The molecule has 0 bridgehead atoms. The first kappa shape index (κ1) is 40.2. The fourth-order valence-electron chi connectivity index (χ4n) is 7.26. The third-order valence-electron chi connectivity index (χ3n) is 11.1. The summed E-state index contributed by atoms with van der Waals surface area (Å²) >= 11 is 0. The topological polar surface area (TPSA) is 72.8 Å². The number of benzene rings is 3. The molecule has 0 aromatic heterocycles. The van der Waals surface area contributed by atoms with Gasteiger partial charge < -0.3 is 14.6 Å². The average Bonchev–Trinajstić information content (AvgIpc) is 3.92. The Balaban J connectivity index is 0.000000172. The standard InChI is InChI=1S/2C16H22O2.C14H20O/c2*1-10(2)14-6-5-7-15(11(3)13-8-9-13)16(14)18-12(4)17;1-9(2)12-5-4-6-13(14(12)15)10(3)11-7-8-11/h2*5-7,10-11,13H,8-9H2,1-4H3;4-6,9-11,15H,7-8H2,1-3H3. The van der Waals surface area contributed by atoms with Gasteiger partial charge in [0, 0.05) is 13.8 Å². The van der Waals surface area contributed by atoms with E-state index in [4.69, 9.17) is 9.47 Å². The molecule has 3 unspecified atom stereocenters. The first-order valence-corrected chi connectivity index (χ1v) is 19.6. The second-order valence-electron chi connectivity index (χ2n) is 16.3. The van der Waals surface area contributed by atoms with Crippen molar-refractivity contribution in [3.63, 3.8) is 0 Å². The van der Waals surface area contributed by atoms with Crippen LogP contribution in [0.2, 0.25) is 0 Å². The Kier molecular flexibility index (Phi) is 14.0. The first-order chi connectivity index (χ1) is 24.1. The van der Waals surface area contributed by atoms with Gasteiger partial charge in [0.1, 0.15) is 17.2 Å². The molecule has 3 aromatic rings. The van der Waals surface area contributed by atoms with Gasteiger partial charge in [-0.2, -0.15) is 0 Å². The first-order valence-electron chi connectivity index (χ1n) is 19.6. The summed E-state index contributed by atoms with van der Waals surface area (Å²) in [5.41, 5.74) is 6.88. The maximum Gasteiger partial charge on any atom is 0.308 e. The van der Waals surface area contributed by atoms with Gasteiger partial charge in [0.2, 0.25) is 0 Å². The smallest absolute Gasteiger partial charge is 0.308 e. The molecule has 278 valence electrons. The Bertz CT molecular complexity index is 1540. The van der Waals surface area contributed by atoms with Crippen molar-refractivity contribution in [3.05, 3.63) is 88.0 Å². The number of para-hydroxylation sites is 3. The highest BCUT2D eigenvalue weighted by Crippen LogP contribution is 2.48. The average molecular weight is 697 g/mol. The molecule has 5 nitrogen and oxygen atoms in total. The number of carbonyl (C=O) groups excluding carboxylic acids is 2. The highest BCUT2D eigenvalue weighted by molar-refractivity contribution is 5.71. The highest BCUT2D eigenvalue weighted by Gasteiger charge is 2.33. The molecular formula is C46H64O5. The number of phenolic OH excluding ortho intramolecular Hbond substituents is 1. The molecule has 5 heteroatoms. The molecule has 0 radical (unpaired) electrons. The summed E-state index contributed by atoms with van der Waals surface area (Å²) in [6.45, 7) is 22.4. The van der Waals surface area contributed by atoms with E-state index in [9.17, 15) is 14.7 Å². The number of hydrogen-bond acceptors (Lipinski definition) is 5. The van der Waals surface area contributed by atoms with Crippen molar-refractivity contribution in [2.24, 2.45) is 17.8 Å². The molecule has 3 aliphatic carbocycles. The van der Waals surface area contributed by atoms with Crippen molar-refractivity contribution in [2.75, 3.05) is 0 Å². The van der Waals surface area contributed by atoms with Crippen LogP contribution in [0.4, 0.5) is 0 Å². The zero-order valence-electron chi connectivity index (χ0n) is 33.2. The normalized spacial score (nSPS) is 17.1. The van der Waals surface area contributed by atoms with E-state index in [0.717, 1.165) is 51.5 Å². The highest BCUT2D eigenvalue weighted by atomic mass is 16.5. The zero-order chi connectivity index (χ0) is 37.6. The summed E-state index contributed by atoms with van der Waals surface area (Å²) in [6.07, 6.45) is 7.84. The number of hydrogen-bond donors (Lipinski definition) is 1. The molecule has 3 fully saturated rings. The van der Waals surface area contributed by atoms with Crippen LogP contribution in [0, 0.1) is 17.8 Å². The van der Waals surface area contributed by atoms with E-state index < -0.39 is 0 Å². The minimum atomic E-state index is -0.229. The third-order valence-corrected chi connectivity index (χ3v) is 11.1. The van der Waals surface area contributed by atoms with Gasteiger partial charge in [-0.05, 0) is 125 Å². The van der Waals surface area contributed by atoms with Crippen LogP contribution in [0.5, 0.6) is 17.2 Å². The summed E-state index contributed by atoms with van der Waals surface area (Å²) in [6, 6.07) is 18.7. The number of carbonyl (C=O) groups is 2. The Morgan fingerprint density at radius 2 is 0.765 bits per heavy atom. The predicted molar refractivity (Wildman–Crippen MR) is 209 cm³/mol. The lowest BCUT2D eigenvalue weighted by Crippen LogP contribution is -2.09. The molecule has 3 atom stereocenters. The van der Waals surface area contributed by atoms with Crippen LogP contribution in [0.15, 0.2) is 54.6 Å². The number of aromatic hydroxyl groups is 1. The fourth-order valence-corrected chi connectivity index (χ4v) is 7.26. The van der Waals surface area contributed by atoms with Crippen molar-refractivity contribution in [1.29, 1.82) is 0 Å². The monoisotopic (exact) mass is 696 g/mol. The Morgan fingerprint density at radius 1 is 0.490 bits per heavy atom. The van der Waals surface area contributed by atoms with Gasteiger partial charge in [-0.1, -0.05) is 117 Å². The van der Waals surface area contributed by atoms with Crippen LogP contribution >= 0.6 is 0 Å². The minimum absolute atomic E-state index is 0.229. The summed E-state index contributed by atoms with van der Waals surface area (Å²) < 4.78 is 11.0. The van der Waals surface area contributed by atoms with Crippen LogP contribution < -0.4 is 9.47 Å². The maximum absolute atomic E-state index is 11.3. The molecule has 3 aromatic carbocycles. The Morgan fingerprint density at radius 3 is 1.06 bits per heavy atom. The van der Waals surface area contributed by atoms with Gasteiger partial charge >= 0.3 is 11.9 Å². The van der Waals surface area contributed by atoms with Gasteiger partial charge in [-0.15, -0.1) is 0 Å². The van der Waals surface area contributed by atoms with E-state index in [-0.39, 0.29) is 11.9 Å². The van der Waals surface area contributed by atoms with Gasteiger partial charge in [-0.3, -0.25) is 9.59 Å². The quantitative estimate of drug-likeness (QED) is 0.160. The number of rotatable bonds is 11.